The van der Waals surface area contributed by atoms with E-state index in [0.717, 1.165) is 15.8 Å². The molecule has 2 nitrogen and oxygen atoms in total. The van der Waals surface area contributed by atoms with Gasteiger partial charge < -0.3 is 11.1 Å². The van der Waals surface area contributed by atoms with Crippen LogP contribution in [0.1, 0.15) is 5.56 Å². The van der Waals surface area contributed by atoms with Gasteiger partial charge in [-0.1, -0.05) is 6.07 Å². The maximum Gasteiger partial charge on any atom is 0.128 e. The average Bonchev–Trinajstić information content (AvgIpc) is 2.28. The molecule has 0 saturated carbocycles. The van der Waals surface area contributed by atoms with Gasteiger partial charge in [-0.05, 0) is 53.2 Å². The normalized spacial score (nSPS) is 10.3. The van der Waals surface area contributed by atoms with Gasteiger partial charge in [-0.2, -0.15) is 0 Å². The van der Waals surface area contributed by atoms with Crippen molar-refractivity contribution in [3.8, 4) is 0 Å². The summed E-state index contributed by atoms with van der Waals surface area (Å²) in [5.41, 5.74) is 8.53. The number of rotatable bonds is 2. The molecule has 0 aliphatic heterocycles. The molecule has 0 heterocycles. The van der Waals surface area contributed by atoms with Crippen LogP contribution in [0.15, 0.2) is 40.9 Å². The van der Waals surface area contributed by atoms with Crippen molar-refractivity contribution in [3.05, 3.63) is 52.3 Å². The van der Waals surface area contributed by atoms with Crippen LogP contribution in [-0.4, -0.2) is 0 Å². The number of anilines is 3. The topological polar surface area (TPSA) is 38.0 Å². The summed E-state index contributed by atoms with van der Waals surface area (Å²) >= 11 is 3.41. The SMILES string of the molecule is Cc1c(F)cccc1Nc1ccc(N)cc1Br. The second-order valence-electron chi connectivity index (χ2n) is 3.78. The Morgan fingerprint density at radius 2 is 1.94 bits per heavy atom. The molecule has 4 heteroatoms. The Kier molecular flexibility index (Phi) is 3.33. The number of halogens is 2. The Morgan fingerprint density at radius 1 is 1.18 bits per heavy atom. The van der Waals surface area contributed by atoms with E-state index in [1.807, 2.05) is 12.1 Å². The van der Waals surface area contributed by atoms with Gasteiger partial charge >= 0.3 is 0 Å². The second kappa shape index (κ2) is 4.75. The molecule has 17 heavy (non-hydrogen) atoms. The largest absolute Gasteiger partial charge is 0.399 e. The molecule has 0 radical (unpaired) electrons. The van der Waals surface area contributed by atoms with Crippen molar-refractivity contribution in [2.75, 3.05) is 11.1 Å². The summed E-state index contributed by atoms with van der Waals surface area (Å²) in [5, 5.41) is 3.17. The van der Waals surface area contributed by atoms with Gasteiger partial charge in [-0.25, -0.2) is 4.39 Å². The summed E-state index contributed by atoms with van der Waals surface area (Å²) in [6, 6.07) is 10.4. The molecule has 0 bridgehead atoms. The fraction of sp³-hybridized carbons (Fsp3) is 0.0769. The van der Waals surface area contributed by atoms with E-state index in [9.17, 15) is 4.39 Å². The number of hydrogen-bond acceptors (Lipinski definition) is 2. The Labute approximate surface area is 108 Å². The second-order valence-corrected chi connectivity index (χ2v) is 4.63. The summed E-state index contributed by atoms with van der Waals surface area (Å²) in [4.78, 5) is 0. The number of nitrogen functional groups attached to an aromatic ring is 1. The highest BCUT2D eigenvalue weighted by Crippen LogP contribution is 2.29. The van der Waals surface area contributed by atoms with Gasteiger partial charge in [0.25, 0.3) is 0 Å². The molecule has 0 aliphatic rings. The number of hydrogen-bond donors (Lipinski definition) is 2. The Bertz CT molecular complexity index is 555. The highest BCUT2D eigenvalue weighted by molar-refractivity contribution is 9.10. The van der Waals surface area contributed by atoms with Crippen LogP contribution in [0.25, 0.3) is 0 Å². The van der Waals surface area contributed by atoms with Gasteiger partial charge in [-0.15, -0.1) is 0 Å². The molecular formula is C13H12BrFN2. The van der Waals surface area contributed by atoms with Crippen LogP contribution in [0, 0.1) is 12.7 Å². The van der Waals surface area contributed by atoms with E-state index >= 15 is 0 Å². The van der Waals surface area contributed by atoms with Gasteiger partial charge in [0.1, 0.15) is 5.82 Å². The van der Waals surface area contributed by atoms with Gasteiger partial charge in [0.15, 0.2) is 0 Å². The van der Waals surface area contributed by atoms with Crippen molar-refractivity contribution in [2.45, 2.75) is 6.92 Å². The van der Waals surface area contributed by atoms with Crippen molar-refractivity contribution < 1.29 is 4.39 Å². The van der Waals surface area contributed by atoms with Crippen LogP contribution in [0.5, 0.6) is 0 Å². The zero-order chi connectivity index (χ0) is 12.4. The van der Waals surface area contributed by atoms with Gasteiger partial charge in [0.2, 0.25) is 0 Å². The lowest BCUT2D eigenvalue weighted by atomic mass is 10.2. The van der Waals surface area contributed by atoms with E-state index in [4.69, 9.17) is 5.73 Å². The molecular weight excluding hydrogens is 283 g/mol. The average molecular weight is 295 g/mol. The van der Waals surface area contributed by atoms with Crippen LogP contribution in [0.4, 0.5) is 21.5 Å². The lowest BCUT2D eigenvalue weighted by molar-refractivity contribution is 0.619. The predicted octanol–water partition coefficient (Wildman–Crippen LogP) is 4.22. The zero-order valence-corrected chi connectivity index (χ0v) is 10.9. The molecule has 0 saturated heterocycles. The summed E-state index contributed by atoms with van der Waals surface area (Å²) in [7, 11) is 0. The van der Waals surface area contributed by atoms with Crippen molar-refractivity contribution >= 4 is 33.0 Å². The first-order valence-electron chi connectivity index (χ1n) is 5.15. The highest BCUT2D eigenvalue weighted by atomic mass is 79.9. The van der Waals surface area contributed by atoms with Crippen molar-refractivity contribution in [2.24, 2.45) is 0 Å². The summed E-state index contributed by atoms with van der Waals surface area (Å²) in [6.45, 7) is 1.74. The van der Waals surface area contributed by atoms with Gasteiger partial charge in [-0.3, -0.25) is 0 Å². The lowest BCUT2D eigenvalue weighted by Gasteiger charge is -2.12. The molecule has 0 amide bonds. The number of nitrogens with two attached hydrogens (primary N) is 1. The van der Waals surface area contributed by atoms with Crippen LogP contribution in [0.2, 0.25) is 0 Å². The van der Waals surface area contributed by atoms with Crippen LogP contribution < -0.4 is 11.1 Å². The van der Waals surface area contributed by atoms with Crippen molar-refractivity contribution in [1.29, 1.82) is 0 Å². The van der Waals surface area contributed by atoms with E-state index < -0.39 is 0 Å². The zero-order valence-electron chi connectivity index (χ0n) is 9.30. The van der Waals surface area contributed by atoms with Crippen molar-refractivity contribution in [1.82, 2.24) is 0 Å². The molecule has 2 rings (SSSR count). The van der Waals surface area contributed by atoms with Crippen LogP contribution in [0.3, 0.4) is 0 Å². The number of nitrogens with one attached hydrogen (secondary N) is 1. The third-order valence-electron chi connectivity index (χ3n) is 2.53. The Hall–Kier alpha value is -1.55. The molecule has 0 atom stereocenters. The van der Waals surface area contributed by atoms with E-state index in [2.05, 4.69) is 21.2 Å². The third kappa shape index (κ3) is 2.58. The quantitative estimate of drug-likeness (QED) is 0.814. The lowest BCUT2D eigenvalue weighted by Crippen LogP contribution is -1.96. The van der Waals surface area contributed by atoms with Gasteiger partial charge in [0, 0.05) is 21.4 Å². The fourth-order valence-electron chi connectivity index (χ4n) is 1.52. The smallest absolute Gasteiger partial charge is 0.128 e. The standard InChI is InChI=1S/C13H12BrFN2/c1-8-11(15)3-2-4-12(8)17-13-6-5-9(16)7-10(13)14/h2-7,17H,16H2,1H3. The minimum atomic E-state index is -0.221. The molecule has 0 unspecified atom stereocenters. The third-order valence-corrected chi connectivity index (χ3v) is 3.19. The fourth-order valence-corrected chi connectivity index (χ4v) is 2.02. The monoisotopic (exact) mass is 294 g/mol. The molecule has 88 valence electrons. The van der Waals surface area contributed by atoms with E-state index in [-0.39, 0.29) is 5.82 Å². The summed E-state index contributed by atoms with van der Waals surface area (Å²) in [5.74, 6) is -0.221. The number of benzene rings is 2. The first-order chi connectivity index (χ1) is 8.08. The minimum Gasteiger partial charge on any atom is -0.399 e. The maximum atomic E-state index is 13.4. The van der Waals surface area contributed by atoms with E-state index in [1.54, 1.807) is 25.1 Å². The molecule has 0 aromatic heterocycles. The first-order valence-corrected chi connectivity index (χ1v) is 5.94. The maximum absolute atomic E-state index is 13.4. The minimum absolute atomic E-state index is 0.221. The molecule has 0 fully saturated rings. The van der Waals surface area contributed by atoms with E-state index in [1.165, 1.54) is 6.07 Å². The highest BCUT2D eigenvalue weighted by Gasteiger charge is 2.05. The van der Waals surface area contributed by atoms with Crippen LogP contribution >= 0.6 is 15.9 Å². The molecule has 0 spiro atoms. The Morgan fingerprint density at radius 3 is 2.65 bits per heavy atom. The van der Waals surface area contributed by atoms with Gasteiger partial charge in [0.05, 0.1) is 5.69 Å². The molecule has 0 aliphatic carbocycles. The summed E-state index contributed by atoms with van der Waals surface area (Å²) < 4.78 is 14.2. The summed E-state index contributed by atoms with van der Waals surface area (Å²) in [6.07, 6.45) is 0. The first kappa shape index (κ1) is 11.9. The van der Waals surface area contributed by atoms with E-state index in [0.29, 0.717) is 11.3 Å². The Balaban J connectivity index is 2.35. The molecule has 2 aromatic rings. The predicted molar refractivity (Wildman–Crippen MR) is 73.0 cm³/mol. The van der Waals surface area contributed by atoms with Crippen LogP contribution in [-0.2, 0) is 0 Å². The molecule has 2 aromatic carbocycles. The van der Waals surface area contributed by atoms with Crippen molar-refractivity contribution in [3.63, 3.8) is 0 Å². The molecule has 3 N–H and O–H groups in total.